The SMILES string of the molecule is O=C(Nc1cccc(CNc2ncnc3cc(Cl)ccc23)c1)C1CCCO1. The molecule has 6 nitrogen and oxygen atoms in total. The summed E-state index contributed by atoms with van der Waals surface area (Å²) in [6, 6.07) is 13.3. The van der Waals surface area contributed by atoms with Crippen LogP contribution in [0.25, 0.3) is 10.9 Å². The molecule has 2 N–H and O–H groups in total. The number of ether oxygens (including phenoxy) is 1. The van der Waals surface area contributed by atoms with Crippen molar-refractivity contribution < 1.29 is 9.53 Å². The maximum atomic E-state index is 12.2. The van der Waals surface area contributed by atoms with E-state index in [-0.39, 0.29) is 12.0 Å². The molecule has 0 bridgehead atoms. The van der Waals surface area contributed by atoms with E-state index >= 15 is 0 Å². The van der Waals surface area contributed by atoms with Crippen LogP contribution in [0.2, 0.25) is 5.02 Å². The molecule has 7 heteroatoms. The van der Waals surface area contributed by atoms with E-state index < -0.39 is 0 Å². The van der Waals surface area contributed by atoms with Crippen molar-refractivity contribution in [2.45, 2.75) is 25.5 Å². The average Bonchev–Trinajstić information content (AvgIpc) is 3.21. The number of aromatic nitrogens is 2. The molecule has 1 unspecified atom stereocenters. The molecule has 4 rings (SSSR count). The third kappa shape index (κ3) is 4.18. The number of nitrogens with one attached hydrogen (secondary N) is 2. The zero-order chi connectivity index (χ0) is 18.6. The van der Waals surface area contributed by atoms with E-state index in [0.29, 0.717) is 18.2 Å². The number of hydrogen-bond acceptors (Lipinski definition) is 5. The first-order valence-electron chi connectivity index (χ1n) is 8.84. The van der Waals surface area contributed by atoms with E-state index in [1.165, 1.54) is 6.33 Å². The van der Waals surface area contributed by atoms with Gasteiger partial charge < -0.3 is 15.4 Å². The molecule has 0 saturated carbocycles. The van der Waals surface area contributed by atoms with Gasteiger partial charge in [0.15, 0.2) is 0 Å². The van der Waals surface area contributed by atoms with Gasteiger partial charge in [0, 0.05) is 29.2 Å². The molecule has 1 aliphatic rings. The second-order valence-corrected chi connectivity index (χ2v) is 6.87. The molecule has 138 valence electrons. The van der Waals surface area contributed by atoms with Gasteiger partial charge in [-0.15, -0.1) is 0 Å². The summed E-state index contributed by atoms with van der Waals surface area (Å²) in [5.74, 6) is 0.654. The predicted octanol–water partition coefficient (Wildman–Crippen LogP) is 4.01. The molecule has 1 saturated heterocycles. The molecule has 27 heavy (non-hydrogen) atoms. The van der Waals surface area contributed by atoms with Crippen molar-refractivity contribution in [3.05, 3.63) is 59.4 Å². The third-order valence-corrected chi connectivity index (χ3v) is 4.71. The van der Waals surface area contributed by atoms with Crippen LogP contribution in [0.5, 0.6) is 0 Å². The van der Waals surface area contributed by atoms with E-state index in [9.17, 15) is 4.79 Å². The molecule has 1 aliphatic heterocycles. The summed E-state index contributed by atoms with van der Waals surface area (Å²) < 4.78 is 5.42. The van der Waals surface area contributed by atoms with Gasteiger partial charge in [-0.1, -0.05) is 23.7 Å². The highest BCUT2D eigenvalue weighted by Crippen LogP contribution is 2.23. The number of fused-ring (bicyclic) bond motifs is 1. The first-order valence-corrected chi connectivity index (χ1v) is 9.22. The lowest BCUT2D eigenvalue weighted by atomic mass is 10.1. The van der Waals surface area contributed by atoms with Gasteiger partial charge in [-0.25, -0.2) is 9.97 Å². The number of carbonyl (C=O) groups excluding carboxylic acids is 1. The number of benzene rings is 2. The number of rotatable bonds is 5. The first-order chi connectivity index (χ1) is 13.2. The lowest BCUT2D eigenvalue weighted by molar-refractivity contribution is -0.124. The van der Waals surface area contributed by atoms with Gasteiger partial charge in [-0.2, -0.15) is 0 Å². The molecule has 0 spiro atoms. The van der Waals surface area contributed by atoms with E-state index in [1.54, 1.807) is 0 Å². The zero-order valence-corrected chi connectivity index (χ0v) is 15.4. The van der Waals surface area contributed by atoms with Gasteiger partial charge in [0.1, 0.15) is 18.2 Å². The Balaban J connectivity index is 1.45. The van der Waals surface area contributed by atoms with Crippen molar-refractivity contribution in [2.75, 3.05) is 17.2 Å². The van der Waals surface area contributed by atoms with Crippen molar-refractivity contribution in [1.29, 1.82) is 0 Å². The topological polar surface area (TPSA) is 76.1 Å². The summed E-state index contributed by atoms with van der Waals surface area (Å²) in [4.78, 5) is 20.8. The minimum absolute atomic E-state index is 0.0868. The van der Waals surface area contributed by atoms with Crippen LogP contribution >= 0.6 is 11.6 Å². The first kappa shape index (κ1) is 17.7. The Morgan fingerprint density at radius 1 is 1.22 bits per heavy atom. The normalized spacial score (nSPS) is 16.4. The van der Waals surface area contributed by atoms with Crippen LogP contribution in [-0.4, -0.2) is 28.6 Å². The molecule has 1 amide bonds. The zero-order valence-electron chi connectivity index (χ0n) is 14.6. The molecule has 1 atom stereocenters. The lowest BCUT2D eigenvalue weighted by Crippen LogP contribution is -2.26. The van der Waals surface area contributed by atoms with Gasteiger partial charge in [0.25, 0.3) is 5.91 Å². The quantitative estimate of drug-likeness (QED) is 0.697. The van der Waals surface area contributed by atoms with Crippen LogP contribution in [0, 0.1) is 0 Å². The summed E-state index contributed by atoms with van der Waals surface area (Å²) in [5.41, 5.74) is 2.58. The van der Waals surface area contributed by atoms with Crippen molar-refractivity contribution in [3.8, 4) is 0 Å². The Morgan fingerprint density at radius 2 is 2.15 bits per heavy atom. The summed E-state index contributed by atoms with van der Waals surface area (Å²) in [7, 11) is 0. The molecule has 1 fully saturated rings. The minimum atomic E-state index is -0.342. The smallest absolute Gasteiger partial charge is 0.253 e. The van der Waals surface area contributed by atoms with E-state index in [1.807, 2.05) is 42.5 Å². The Hall–Kier alpha value is -2.70. The largest absolute Gasteiger partial charge is 0.368 e. The number of carbonyl (C=O) groups is 1. The van der Waals surface area contributed by atoms with Crippen LogP contribution in [0.3, 0.4) is 0 Å². The molecular weight excluding hydrogens is 364 g/mol. The minimum Gasteiger partial charge on any atom is -0.368 e. The van der Waals surface area contributed by atoms with Crippen molar-refractivity contribution in [3.63, 3.8) is 0 Å². The highest BCUT2D eigenvalue weighted by molar-refractivity contribution is 6.31. The maximum absolute atomic E-state index is 12.2. The van der Waals surface area contributed by atoms with Gasteiger partial charge in [-0.3, -0.25) is 4.79 Å². The summed E-state index contributed by atoms with van der Waals surface area (Å²) in [5, 5.41) is 7.80. The monoisotopic (exact) mass is 382 g/mol. The molecule has 2 aromatic carbocycles. The highest BCUT2D eigenvalue weighted by Gasteiger charge is 2.23. The average molecular weight is 383 g/mol. The lowest BCUT2D eigenvalue weighted by Gasteiger charge is -2.12. The highest BCUT2D eigenvalue weighted by atomic mass is 35.5. The third-order valence-electron chi connectivity index (χ3n) is 4.48. The molecular formula is C20H19ClN4O2. The fraction of sp³-hybridized carbons (Fsp3) is 0.250. The molecule has 0 aliphatic carbocycles. The summed E-state index contributed by atoms with van der Waals surface area (Å²) in [6.45, 7) is 1.22. The van der Waals surface area contributed by atoms with Crippen molar-refractivity contribution in [1.82, 2.24) is 9.97 Å². The number of anilines is 2. The number of hydrogen-bond donors (Lipinski definition) is 2. The molecule has 3 aromatic rings. The van der Waals surface area contributed by atoms with Crippen LogP contribution < -0.4 is 10.6 Å². The van der Waals surface area contributed by atoms with Gasteiger partial charge in [-0.05, 0) is 48.7 Å². The second kappa shape index (κ2) is 7.90. The Labute approximate surface area is 161 Å². The Bertz CT molecular complexity index is 973. The van der Waals surface area contributed by atoms with Crippen LogP contribution in [-0.2, 0) is 16.1 Å². The Kier molecular flexibility index (Phi) is 5.18. The van der Waals surface area contributed by atoms with Gasteiger partial charge >= 0.3 is 0 Å². The van der Waals surface area contributed by atoms with E-state index in [4.69, 9.17) is 16.3 Å². The predicted molar refractivity (Wildman–Crippen MR) is 106 cm³/mol. The van der Waals surface area contributed by atoms with Gasteiger partial charge in [0.2, 0.25) is 0 Å². The second-order valence-electron chi connectivity index (χ2n) is 6.43. The number of amides is 1. The number of nitrogens with zero attached hydrogens (tertiary/aromatic N) is 2. The number of halogens is 1. The maximum Gasteiger partial charge on any atom is 0.253 e. The van der Waals surface area contributed by atoms with Crippen molar-refractivity contribution >= 4 is 39.9 Å². The molecule has 2 heterocycles. The standard InChI is InChI=1S/C20H19ClN4O2/c21-14-6-7-16-17(10-14)23-12-24-19(16)22-11-13-3-1-4-15(9-13)25-20(26)18-5-2-8-27-18/h1,3-4,6-7,9-10,12,18H,2,5,8,11H2,(H,25,26)(H,22,23,24). The summed E-state index contributed by atoms with van der Waals surface area (Å²) in [6.07, 6.45) is 2.88. The van der Waals surface area contributed by atoms with Crippen molar-refractivity contribution in [2.24, 2.45) is 0 Å². The van der Waals surface area contributed by atoms with Crippen LogP contribution in [0.15, 0.2) is 48.8 Å². The van der Waals surface area contributed by atoms with Gasteiger partial charge in [0.05, 0.1) is 5.52 Å². The van der Waals surface area contributed by atoms with E-state index in [0.717, 1.165) is 40.8 Å². The van der Waals surface area contributed by atoms with E-state index in [2.05, 4.69) is 20.6 Å². The Morgan fingerprint density at radius 3 is 3.00 bits per heavy atom. The van der Waals surface area contributed by atoms with Crippen LogP contribution in [0.4, 0.5) is 11.5 Å². The van der Waals surface area contributed by atoms with Crippen LogP contribution in [0.1, 0.15) is 18.4 Å². The molecule has 0 radical (unpaired) electrons. The molecule has 1 aromatic heterocycles. The fourth-order valence-electron chi connectivity index (χ4n) is 3.12. The summed E-state index contributed by atoms with van der Waals surface area (Å²) >= 11 is 6.03. The fourth-order valence-corrected chi connectivity index (χ4v) is 3.29.